The number of guanidine groups is 1. The maximum Gasteiger partial charge on any atom is 0.215 e. The van der Waals surface area contributed by atoms with Gasteiger partial charge in [-0.15, -0.1) is 0 Å². The molecule has 0 aliphatic heterocycles. The van der Waals surface area contributed by atoms with Crippen LogP contribution in [0.15, 0.2) is 53.5 Å². The number of aliphatic imine (C=N–C) groups is 1. The normalized spacial score (nSPS) is 11.9. The quantitative estimate of drug-likeness (QED) is 0.337. The van der Waals surface area contributed by atoms with E-state index in [4.69, 9.17) is 4.74 Å². The summed E-state index contributed by atoms with van der Waals surface area (Å²) in [5.41, 5.74) is 2.98. The van der Waals surface area contributed by atoms with Gasteiger partial charge in [0, 0.05) is 13.6 Å². The third-order valence-electron chi connectivity index (χ3n) is 4.06. The highest BCUT2D eigenvalue weighted by molar-refractivity contribution is 7.88. The molecule has 0 aromatic heterocycles. The Hall–Kier alpha value is -2.58. The molecule has 0 saturated carbocycles. The van der Waals surface area contributed by atoms with Gasteiger partial charge in [-0.3, -0.25) is 4.99 Å². The Morgan fingerprint density at radius 2 is 1.64 bits per heavy atom. The monoisotopic (exact) mass is 404 g/mol. The summed E-state index contributed by atoms with van der Waals surface area (Å²) in [6.45, 7) is 3.77. The van der Waals surface area contributed by atoms with Crippen molar-refractivity contribution >= 4 is 16.0 Å². The van der Waals surface area contributed by atoms with Crippen LogP contribution in [0.3, 0.4) is 0 Å². The van der Waals surface area contributed by atoms with E-state index in [0.29, 0.717) is 25.7 Å². The predicted molar refractivity (Wildman–Crippen MR) is 113 cm³/mol. The van der Waals surface area contributed by atoms with Crippen LogP contribution < -0.4 is 20.1 Å². The number of sulfonamides is 1. The van der Waals surface area contributed by atoms with Crippen molar-refractivity contribution in [3.05, 3.63) is 65.2 Å². The summed E-state index contributed by atoms with van der Waals surface area (Å²) in [6, 6.07) is 15.4. The Labute approximate surface area is 167 Å². The van der Waals surface area contributed by atoms with Crippen LogP contribution in [0.1, 0.15) is 16.7 Å². The van der Waals surface area contributed by atoms with Crippen LogP contribution in [0.4, 0.5) is 0 Å². The highest BCUT2D eigenvalue weighted by Gasteiger charge is 2.08. The molecule has 0 heterocycles. The van der Waals surface area contributed by atoms with E-state index in [-0.39, 0.29) is 5.75 Å². The SMILES string of the molecule is CN=C(NCCOc1ccc(C)cc1)NCc1ccc(CS(=O)(=O)NC)cc1. The first-order valence-electron chi connectivity index (χ1n) is 9.05. The molecule has 0 fully saturated rings. The molecule has 7 nitrogen and oxygen atoms in total. The first kappa shape index (κ1) is 21.7. The van der Waals surface area contributed by atoms with Gasteiger partial charge in [-0.05, 0) is 37.2 Å². The zero-order valence-electron chi connectivity index (χ0n) is 16.5. The molecule has 0 saturated heterocycles. The molecule has 0 amide bonds. The molecule has 0 atom stereocenters. The van der Waals surface area contributed by atoms with Gasteiger partial charge in [0.25, 0.3) is 0 Å². The van der Waals surface area contributed by atoms with Crippen LogP contribution in [0.5, 0.6) is 5.75 Å². The lowest BCUT2D eigenvalue weighted by atomic mass is 10.1. The predicted octanol–water partition coefficient (Wildman–Crippen LogP) is 1.79. The molecule has 2 rings (SSSR count). The Bertz CT molecular complexity index is 863. The molecule has 8 heteroatoms. The zero-order valence-corrected chi connectivity index (χ0v) is 17.3. The fraction of sp³-hybridized carbons (Fsp3) is 0.350. The van der Waals surface area contributed by atoms with Gasteiger partial charge in [-0.2, -0.15) is 0 Å². The van der Waals surface area contributed by atoms with Gasteiger partial charge in [0.05, 0.1) is 12.3 Å². The minimum Gasteiger partial charge on any atom is -0.492 e. The number of hydrogen-bond donors (Lipinski definition) is 3. The summed E-state index contributed by atoms with van der Waals surface area (Å²) >= 11 is 0. The standard InChI is InChI=1S/C20H28N4O3S/c1-16-4-10-19(11-5-16)27-13-12-23-20(21-2)24-14-17-6-8-18(9-7-17)15-28(25,26)22-3/h4-11,22H,12-15H2,1-3H3,(H2,21,23,24). The highest BCUT2D eigenvalue weighted by atomic mass is 32.2. The van der Waals surface area contributed by atoms with Crippen molar-refractivity contribution in [3.63, 3.8) is 0 Å². The van der Waals surface area contributed by atoms with Gasteiger partial charge in [0.1, 0.15) is 12.4 Å². The number of nitrogens with one attached hydrogen (secondary N) is 3. The fourth-order valence-corrected chi connectivity index (χ4v) is 3.20. The molecule has 0 spiro atoms. The third kappa shape index (κ3) is 7.58. The zero-order chi connectivity index (χ0) is 20.4. The Morgan fingerprint density at radius 1 is 1.00 bits per heavy atom. The first-order valence-corrected chi connectivity index (χ1v) is 10.7. The number of aryl methyl sites for hydroxylation is 1. The Kier molecular flexibility index (Phi) is 8.28. The molecule has 152 valence electrons. The topological polar surface area (TPSA) is 91.8 Å². The molecule has 0 aliphatic carbocycles. The number of hydrogen-bond acceptors (Lipinski definition) is 4. The van der Waals surface area contributed by atoms with Crippen molar-refractivity contribution in [2.24, 2.45) is 4.99 Å². The number of ether oxygens (including phenoxy) is 1. The van der Waals surface area contributed by atoms with E-state index < -0.39 is 10.0 Å². The lowest BCUT2D eigenvalue weighted by molar-refractivity contribution is 0.322. The minimum atomic E-state index is -3.26. The molecule has 0 radical (unpaired) electrons. The molecule has 2 aromatic carbocycles. The second kappa shape index (κ2) is 10.7. The molecule has 3 N–H and O–H groups in total. The summed E-state index contributed by atoms with van der Waals surface area (Å²) in [6.07, 6.45) is 0. The van der Waals surface area contributed by atoms with Crippen molar-refractivity contribution in [3.8, 4) is 5.75 Å². The van der Waals surface area contributed by atoms with Gasteiger partial charge >= 0.3 is 0 Å². The molecule has 0 aliphatic rings. The second-order valence-electron chi connectivity index (χ2n) is 6.29. The molecule has 0 bridgehead atoms. The van der Waals surface area contributed by atoms with Crippen molar-refractivity contribution in [1.29, 1.82) is 0 Å². The van der Waals surface area contributed by atoms with E-state index in [2.05, 4.69) is 20.3 Å². The summed E-state index contributed by atoms with van der Waals surface area (Å²) in [5.74, 6) is 1.49. The lowest BCUT2D eigenvalue weighted by Gasteiger charge is -2.13. The molecule has 28 heavy (non-hydrogen) atoms. The summed E-state index contributed by atoms with van der Waals surface area (Å²) in [5, 5.41) is 6.42. The van der Waals surface area contributed by atoms with E-state index in [9.17, 15) is 8.42 Å². The van der Waals surface area contributed by atoms with Gasteiger partial charge in [0.2, 0.25) is 10.0 Å². The summed E-state index contributed by atoms with van der Waals surface area (Å²) in [4.78, 5) is 4.19. The number of rotatable bonds is 9. The number of benzene rings is 2. The van der Waals surface area contributed by atoms with E-state index in [1.807, 2.05) is 55.5 Å². The largest absolute Gasteiger partial charge is 0.492 e. The minimum absolute atomic E-state index is 0.0264. The van der Waals surface area contributed by atoms with Crippen LogP contribution in [0.2, 0.25) is 0 Å². The van der Waals surface area contributed by atoms with E-state index in [0.717, 1.165) is 16.9 Å². The third-order valence-corrected chi connectivity index (χ3v) is 5.39. The summed E-state index contributed by atoms with van der Waals surface area (Å²) < 4.78 is 31.2. The molecule has 0 unspecified atom stereocenters. The molecular weight excluding hydrogens is 376 g/mol. The van der Waals surface area contributed by atoms with Crippen molar-refractivity contribution in [1.82, 2.24) is 15.4 Å². The van der Waals surface area contributed by atoms with Crippen molar-refractivity contribution in [2.45, 2.75) is 19.2 Å². The molecule has 2 aromatic rings. The maximum absolute atomic E-state index is 11.6. The van der Waals surface area contributed by atoms with Gasteiger partial charge < -0.3 is 15.4 Å². The first-order chi connectivity index (χ1) is 13.4. The van der Waals surface area contributed by atoms with Crippen molar-refractivity contribution in [2.75, 3.05) is 27.2 Å². The van der Waals surface area contributed by atoms with Gasteiger partial charge in [-0.1, -0.05) is 42.0 Å². The average molecular weight is 405 g/mol. The Balaban J connectivity index is 1.73. The fourth-order valence-electron chi connectivity index (χ4n) is 2.42. The second-order valence-corrected chi connectivity index (χ2v) is 8.22. The van der Waals surface area contributed by atoms with Gasteiger partial charge in [0.15, 0.2) is 5.96 Å². The van der Waals surface area contributed by atoms with Crippen LogP contribution in [0, 0.1) is 6.92 Å². The number of nitrogens with zero attached hydrogens (tertiary/aromatic N) is 1. The van der Waals surface area contributed by atoms with E-state index in [1.54, 1.807) is 7.05 Å². The average Bonchev–Trinajstić information content (AvgIpc) is 2.69. The maximum atomic E-state index is 11.6. The van der Waals surface area contributed by atoms with Gasteiger partial charge in [-0.25, -0.2) is 13.1 Å². The smallest absolute Gasteiger partial charge is 0.215 e. The highest BCUT2D eigenvalue weighted by Crippen LogP contribution is 2.11. The van der Waals surface area contributed by atoms with Crippen LogP contribution >= 0.6 is 0 Å². The van der Waals surface area contributed by atoms with Crippen LogP contribution in [-0.2, 0) is 22.3 Å². The Morgan fingerprint density at radius 3 is 2.25 bits per heavy atom. The van der Waals surface area contributed by atoms with E-state index >= 15 is 0 Å². The molecular formula is C20H28N4O3S. The van der Waals surface area contributed by atoms with Crippen molar-refractivity contribution < 1.29 is 13.2 Å². The lowest BCUT2D eigenvalue weighted by Crippen LogP contribution is -2.38. The van der Waals surface area contributed by atoms with Crippen LogP contribution in [0.25, 0.3) is 0 Å². The van der Waals surface area contributed by atoms with E-state index in [1.165, 1.54) is 12.6 Å². The summed E-state index contributed by atoms with van der Waals surface area (Å²) in [7, 11) is -0.132. The van der Waals surface area contributed by atoms with Crippen LogP contribution in [-0.4, -0.2) is 41.6 Å².